The zero-order valence-electron chi connectivity index (χ0n) is 10.4. The van der Waals surface area contributed by atoms with Gasteiger partial charge in [-0.3, -0.25) is 4.79 Å². The van der Waals surface area contributed by atoms with Gasteiger partial charge in [-0.1, -0.05) is 0 Å². The maximum atomic E-state index is 11.2. The Morgan fingerprint density at radius 3 is 2.69 bits per heavy atom. The third-order valence-corrected chi connectivity index (χ3v) is 2.14. The summed E-state index contributed by atoms with van der Waals surface area (Å²) in [5, 5.41) is 12.1. The summed E-state index contributed by atoms with van der Waals surface area (Å²) in [7, 11) is 1.61. The molecule has 96 valence electrons. The molecule has 2 N–H and O–H groups in total. The lowest BCUT2D eigenvalue weighted by atomic mass is 10.1. The molecular formula is C11H23NO4. The minimum atomic E-state index is -0.206. The van der Waals surface area contributed by atoms with Crippen molar-refractivity contribution in [2.75, 3.05) is 26.9 Å². The number of nitrogens with one attached hydrogen (secondary N) is 1. The van der Waals surface area contributed by atoms with Gasteiger partial charge in [-0.05, 0) is 20.3 Å². The van der Waals surface area contributed by atoms with E-state index in [1.807, 2.05) is 6.92 Å². The summed E-state index contributed by atoms with van der Waals surface area (Å²) >= 11 is 0. The maximum Gasteiger partial charge on any atom is 0.307 e. The molecule has 0 bridgehead atoms. The molecule has 0 radical (unpaired) electrons. The molecule has 16 heavy (non-hydrogen) atoms. The van der Waals surface area contributed by atoms with Gasteiger partial charge in [0.15, 0.2) is 0 Å². The first-order valence-electron chi connectivity index (χ1n) is 5.65. The molecule has 2 atom stereocenters. The van der Waals surface area contributed by atoms with Crippen molar-refractivity contribution in [1.82, 2.24) is 5.32 Å². The summed E-state index contributed by atoms with van der Waals surface area (Å²) in [4.78, 5) is 11.2. The van der Waals surface area contributed by atoms with Crippen molar-refractivity contribution in [1.29, 1.82) is 0 Å². The van der Waals surface area contributed by atoms with Crippen LogP contribution < -0.4 is 5.32 Å². The Kier molecular flexibility index (Phi) is 9.18. The van der Waals surface area contributed by atoms with Crippen molar-refractivity contribution < 1.29 is 19.4 Å². The molecule has 0 aliphatic heterocycles. The van der Waals surface area contributed by atoms with Crippen LogP contribution in [0.3, 0.4) is 0 Å². The molecule has 5 heteroatoms. The van der Waals surface area contributed by atoms with E-state index in [-0.39, 0.29) is 24.7 Å². The molecule has 0 aliphatic carbocycles. The van der Waals surface area contributed by atoms with Crippen LogP contribution in [0.2, 0.25) is 0 Å². The number of ether oxygens (including phenoxy) is 2. The fourth-order valence-electron chi connectivity index (χ4n) is 1.50. The van der Waals surface area contributed by atoms with E-state index in [1.54, 1.807) is 14.0 Å². The Labute approximate surface area is 97.1 Å². The highest BCUT2D eigenvalue weighted by molar-refractivity contribution is 5.70. The SMILES string of the molecule is CCOC(=O)CC(C)NC(CCO)COC. The third-order valence-electron chi connectivity index (χ3n) is 2.14. The van der Waals surface area contributed by atoms with Crippen LogP contribution in [0.4, 0.5) is 0 Å². The van der Waals surface area contributed by atoms with E-state index in [0.29, 0.717) is 26.1 Å². The number of aliphatic hydroxyl groups is 1. The minimum absolute atomic E-state index is 0.0192. The van der Waals surface area contributed by atoms with Crippen molar-refractivity contribution in [3.8, 4) is 0 Å². The largest absolute Gasteiger partial charge is 0.466 e. The van der Waals surface area contributed by atoms with Gasteiger partial charge in [-0.25, -0.2) is 0 Å². The van der Waals surface area contributed by atoms with Crippen molar-refractivity contribution in [2.24, 2.45) is 0 Å². The smallest absolute Gasteiger partial charge is 0.307 e. The second kappa shape index (κ2) is 9.57. The van der Waals surface area contributed by atoms with E-state index >= 15 is 0 Å². The van der Waals surface area contributed by atoms with Crippen LogP contribution in [0, 0.1) is 0 Å². The van der Waals surface area contributed by atoms with Gasteiger partial charge < -0.3 is 19.9 Å². The van der Waals surface area contributed by atoms with Crippen LogP contribution in [-0.4, -0.2) is 50.1 Å². The second-order valence-corrected chi connectivity index (χ2v) is 3.74. The molecule has 0 rings (SSSR count). The highest BCUT2D eigenvalue weighted by Gasteiger charge is 2.14. The lowest BCUT2D eigenvalue weighted by molar-refractivity contribution is -0.143. The number of rotatable bonds is 9. The molecule has 0 saturated carbocycles. The van der Waals surface area contributed by atoms with Crippen molar-refractivity contribution in [3.63, 3.8) is 0 Å². The molecule has 2 unspecified atom stereocenters. The van der Waals surface area contributed by atoms with Crippen LogP contribution in [0.25, 0.3) is 0 Å². The summed E-state index contributed by atoms with van der Waals surface area (Å²) in [5.41, 5.74) is 0. The molecule has 0 amide bonds. The summed E-state index contributed by atoms with van der Waals surface area (Å²) < 4.78 is 9.87. The standard InChI is InChI=1S/C11H23NO4/c1-4-16-11(14)7-9(2)12-10(5-6-13)8-15-3/h9-10,12-13H,4-8H2,1-3H3. The van der Waals surface area contributed by atoms with Gasteiger partial charge in [-0.15, -0.1) is 0 Å². The van der Waals surface area contributed by atoms with Gasteiger partial charge in [0, 0.05) is 25.8 Å². The minimum Gasteiger partial charge on any atom is -0.466 e. The lowest BCUT2D eigenvalue weighted by Gasteiger charge is -2.21. The normalized spacial score (nSPS) is 14.5. The molecule has 0 saturated heterocycles. The summed E-state index contributed by atoms with van der Waals surface area (Å²) in [5.74, 6) is -0.206. The Morgan fingerprint density at radius 1 is 1.50 bits per heavy atom. The molecule has 0 aromatic carbocycles. The number of hydrogen-bond donors (Lipinski definition) is 2. The van der Waals surface area contributed by atoms with Crippen molar-refractivity contribution >= 4 is 5.97 Å². The van der Waals surface area contributed by atoms with Gasteiger partial charge in [0.25, 0.3) is 0 Å². The first-order chi connectivity index (χ1) is 7.63. The lowest BCUT2D eigenvalue weighted by Crippen LogP contribution is -2.41. The third kappa shape index (κ3) is 7.62. The molecule has 0 spiro atoms. The maximum absolute atomic E-state index is 11.2. The Balaban J connectivity index is 3.88. The van der Waals surface area contributed by atoms with Crippen LogP contribution >= 0.6 is 0 Å². The summed E-state index contributed by atoms with van der Waals surface area (Å²) in [6.07, 6.45) is 0.945. The van der Waals surface area contributed by atoms with E-state index in [1.165, 1.54) is 0 Å². The fourth-order valence-corrected chi connectivity index (χ4v) is 1.50. The summed E-state index contributed by atoms with van der Waals surface area (Å²) in [6.45, 7) is 4.73. The van der Waals surface area contributed by atoms with E-state index in [0.717, 1.165) is 0 Å². The number of esters is 1. The van der Waals surface area contributed by atoms with Crippen LogP contribution in [0.5, 0.6) is 0 Å². The topological polar surface area (TPSA) is 67.8 Å². The molecule has 0 heterocycles. The first kappa shape index (κ1) is 15.3. The van der Waals surface area contributed by atoms with Gasteiger partial charge in [0.05, 0.1) is 19.6 Å². The van der Waals surface area contributed by atoms with E-state index < -0.39 is 0 Å². The van der Waals surface area contributed by atoms with Gasteiger partial charge in [0.1, 0.15) is 0 Å². The zero-order chi connectivity index (χ0) is 12.4. The van der Waals surface area contributed by atoms with E-state index in [2.05, 4.69) is 5.32 Å². The number of methoxy groups -OCH3 is 1. The van der Waals surface area contributed by atoms with Gasteiger partial charge >= 0.3 is 5.97 Å². The quantitative estimate of drug-likeness (QED) is 0.561. The second-order valence-electron chi connectivity index (χ2n) is 3.74. The first-order valence-corrected chi connectivity index (χ1v) is 5.65. The molecule has 0 fully saturated rings. The fraction of sp³-hybridized carbons (Fsp3) is 0.909. The summed E-state index contributed by atoms with van der Waals surface area (Å²) in [6, 6.07) is 0.0881. The molecule has 5 nitrogen and oxygen atoms in total. The van der Waals surface area contributed by atoms with E-state index in [9.17, 15) is 4.79 Å². The van der Waals surface area contributed by atoms with Crippen molar-refractivity contribution in [3.05, 3.63) is 0 Å². The monoisotopic (exact) mass is 233 g/mol. The number of aliphatic hydroxyl groups excluding tert-OH is 1. The molecule has 0 aromatic rings. The van der Waals surface area contributed by atoms with Crippen LogP contribution in [-0.2, 0) is 14.3 Å². The van der Waals surface area contributed by atoms with Crippen LogP contribution in [0.1, 0.15) is 26.7 Å². The predicted molar refractivity (Wildman–Crippen MR) is 61.2 cm³/mol. The Hall–Kier alpha value is -0.650. The highest BCUT2D eigenvalue weighted by Crippen LogP contribution is 1.99. The zero-order valence-corrected chi connectivity index (χ0v) is 10.4. The highest BCUT2D eigenvalue weighted by atomic mass is 16.5. The molecule has 0 aromatic heterocycles. The Bertz CT molecular complexity index is 181. The average molecular weight is 233 g/mol. The predicted octanol–water partition coefficient (Wildman–Crippen LogP) is 0.315. The van der Waals surface area contributed by atoms with Gasteiger partial charge in [0.2, 0.25) is 0 Å². The molecular weight excluding hydrogens is 210 g/mol. The van der Waals surface area contributed by atoms with E-state index in [4.69, 9.17) is 14.6 Å². The van der Waals surface area contributed by atoms with Crippen molar-refractivity contribution in [2.45, 2.75) is 38.8 Å². The number of carbonyl (C=O) groups excluding carboxylic acids is 1. The van der Waals surface area contributed by atoms with Gasteiger partial charge in [-0.2, -0.15) is 0 Å². The Morgan fingerprint density at radius 2 is 2.19 bits per heavy atom. The number of hydrogen-bond acceptors (Lipinski definition) is 5. The van der Waals surface area contributed by atoms with Crippen LogP contribution in [0.15, 0.2) is 0 Å². The average Bonchev–Trinajstić information content (AvgIpc) is 2.18. The number of carbonyl (C=O) groups is 1. The molecule has 0 aliphatic rings.